The highest BCUT2D eigenvalue weighted by Crippen LogP contribution is 2.32. The molecule has 0 atom stereocenters. The summed E-state index contributed by atoms with van der Waals surface area (Å²) in [4.78, 5) is 17.9. The number of H-pyrrole nitrogens is 1. The Bertz CT molecular complexity index is 710. The molecule has 2 aromatic rings. The number of aromatic amines is 1. The molecule has 2 rings (SSSR count). The summed E-state index contributed by atoms with van der Waals surface area (Å²) >= 11 is 2.01. The maximum absolute atomic E-state index is 11.3. The monoisotopic (exact) mass is 368 g/mol. The highest BCUT2D eigenvalue weighted by molar-refractivity contribution is 14.1. The third-order valence-corrected chi connectivity index (χ3v) is 3.05. The zero-order valence-corrected chi connectivity index (χ0v) is 12.1. The Labute approximate surface area is 122 Å². The van der Waals surface area contributed by atoms with Gasteiger partial charge in [-0.2, -0.15) is 5.26 Å². The summed E-state index contributed by atoms with van der Waals surface area (Å²) in [6.45, 7) is 1.65. The first-order valence-corrected chi connectivity index (χ1v) is 6.32. The van der Waals surface area contributed by atoms with Crippen molar-refractivity contribution in [1.82, 2.24) is 9.97 Å². The topological polar surface area (TPSA) is 105 Å². The van der Waals surface area contributed by atoms with Crippen LogP contribution < -0.4 is 16.0 Å². The van der Waals surface area contributed by atoms with E-state index < -0.39 is 0 Å². The van der Waals surface area contributed by atoms with Crippen molar-refractivity contribution in [2.24, 2.45) is 0 Å². The van der Waals surface area contributed by atoms with Crippen LogP contribution in [0.3, 0.4) is 0 Å². The fourth-order valence-corrected chi connectivity index (χ4v) is 2.25. The van der Waals surface area contributed by atoms with Crippen LogP contribution >= 0.6 is 22.6 Å². The van der Waals surface area contributed by atoms with Crippen LogP contribution in [0.25, 0.3) is 0 Å². The van der Waals surface area contributed by atoms with Gasteiger partial charge in [-0.15, -0.1) is 0 Å². The number of aromatic nitrogens is 2. The van der Waals surface area contributed by atoms with Gasteiger partial charge in [0.25, 0.3) is 5.56 Å². The van der Waals surface area contributed by atoms with Crippen LogP contribution in [-0.4, -0.2) is 9.97 Å². The lowest BCUT2D eigenvalue weighted by Crippen LogP contribution is -2.09. The molecule has 96 valence electrons. The van der Waals surface area contributed by atoms with E-state index in [-0.39, 0.29) is 11.4 Å². The molecule has 3 N–H and O–H groups in total. The Hall–Kier alpha value is -2.08. The lowest BCUT2D eigenvalue weighted by atomic mass is 10.2. The first-order chi connectivity index (χ1) is 8.99. The largest absolute Gasteiger partial charge is 0.435 e. The summed E-state index contributed by atoms with van der Waals surface area (Å²) in [5.74, 6) is 0.998. The van der Waals surface area contributed by atoms with Gasteiger partial charge in [-0.1, -0.05) is 0 Å². The standard InChI is InChI=1S/C12H9IN4O2/c1-6-16-10(18)4-11(17-6)19-12-8(13)2-7(5-14)3-9(12)15/h2-4H,15H2,1H3,(H,16,17,18). The number of nitrogens with two attached hydrogens (primary N) is 1. The van der Waals surface area contributed by atoms with Crippen molar-refractivity contribution >= 4 is 28.3 Å². The quantitative estimate of drug-likeness (QED) is 0.623. The SMILES string of the molecule is Cc1nc(Oc2c(N)cc(C#N)cc2I)cc(=O)[nH]1. The van der Waals surface area contributed by atoms with E-state index in [0.29, 0.717) is 26.4 Å². The van der Waals surface area contributed by atoms with E-state index in [1.54, 1.807) is 13.0 Å². The molecule has 0 amide bonds. The summed E-state index contributed by atoms with van der Waals surface area (Å²) in [5.41, 5.74) is 6.30. The summed E-state index contributed by atoms with van der Waals surface area (Å²) < 4.78 is 6.20. The van der Waals surface area contributed by atoms with Crippen LogP contribution in [0.1, 0.15) is 11.4 Å². The molecule has 0 aliphatic heterocycles. The molecule has 0 fully saturated rings. The lowest BCUT2D eigenvalue weighted by molar-refractivity contribution is 0.458. The molecule has 0 spiro atoms. The van der Waals surface area contributed by atoms with Gasteiger partial charge >= 0.3 is 0 Å². The molecule has 0 unspecified atom stereocenters. The van der Waals surface area contributed by atoms with Crippen molar-refractivity contribution in [3.05, 3.63) is 43.5 Å². The minimum atomic E-state index is -0.301. The van der Waals surface area contributed by atoms with E-state index >= 15 is 0 Å². The van der Waals surface area contributed by atoms with Gasteiger partial charge in [-0.25, -0.2) is 4.98 Å². The molecule has 1 aromatic carbocycles. The van der Waals surface area contributed by atoms with Gasteiger partial charge in [0.05, 0.1) is 27.0 Å². The second-order valence-electron chi connectivity index (χ2n) is 3.76. The number of nitrogens with one attached hydrogen (secondary N) is 1. The molecule has 19 heavy (non-hydrogen) atoms. The van der Waals surface area contributed by atoms with Gasteiger partial charge in [0.15, 0.2) is 5.75 Å². The molecule has 0 bridgehead atoms. The molecule has 0 aliphatic rings. The molecular formula is C12H9IN4O2. The van der Waals surface area contributed by atoms with Crippen molar-refractivity contribution < 1.29 is 4.74 Å². The number of nitriles is 1. The third kappa shape index (κ3) is 3.03. The number of halogens is 1. The number of anilines is 1. The van der Waals surface area contributed by atoms with Gasteiger partial charge in [0, 0.05) is 0 Å². The van der Waals surface area contributed by atoms with Gasteiger partial charge < -0.3 is 15.5 Å². The second-order valence-corrected chi connectivity index (χ2v) is 4.92. The Morgan fingerprint density at radius 1 is 1.47 bits per heavy atom. The van der Waals surface area contributed by atoms with Crippen molar-refractivity contribution in [3.8, 4) is 17.7 Å². The predicted molar refractivity (Wildman–Crippen MR) is 78.0 cm³/mol. The minimum Gasteiger partial charge on any atom is -0.435 e. The maximum Gasteiger partial charge on any atom is 0.254 e. The normalized spacial score (nSPS) is 9.95. The van der Waals surface area contributed by atoms with E-state index in [9.17, 15) is 4.79 Å². The third-order valence-electron chi connectivity index (χ3n) is 2.24. The number of benzene rings is 1. The van der Waals surface area contributed by atoms with Crippen molar-refractivity contribution in [2.45, 2.75) is 6.92 Å². The number of aryl methyl sites for hydroxylation is 1. The minimum absolute atomic E-state index is 0.163. The summed E-state index contributed by atoms with van der Waals surface area (Å²) in [7, 11) is 0. The van der Waals surface area contributed by atoms with Crippen LogP contribution in [0.5, 0.6) is 11.6 Å². The number of nitrogens with zero attached hydrogens (tertiary/aromatic N) is 2. The van der Waals surface area contributed by atoms with Gasteiger partial charge in [-0.05, 0) is 41.6 Å². The number of hydrogen-bond donors (Lipinski definition) is 2. The maximum atomic E-state index is 11.3. The van der Waals surface area contributed by atoms with Crippen LogP contribution in [0.4, 0.5) is 5.69 Å². The summed E-state index contributed by atoms with van der Waals surface area (Å²) in [5, 5.41) is 8.83. The molecule has 0 aliphatic carbocycles. The smallest absolute Gasteiger partial charge is 0.254 e. The van der Waals surface area contributed by atoms with Gasteiger partial charge in [0.2, 0.25) is 5.88 Å². The summed E-state index contributed by atoms with van der Waals surface area (Å²) in [6.07, 6.45) is 0. The predicted octanol–water partition coefficient (Wildman–Crippen LogP) is 1.93. The van der Waals surface area contributed by atoms with Crippen molar-refractivity contribution in [3.63, 3.8) is 0 Å². The Morgan fingerprint density at radius 2 is 2.21 bits per heavy atom. The van der Waals surface area contributed by atoms with Crippen molar-refractivity contribution in [2.75, 3.05) is 5.73 Å². The molecule has 1 aromatic heterocycles. The first-order valence-electron chi connectivity index (χ1n) is 5.24. The number of ether oxygens (including phenoxy) is 1. The molecular weight excluding hydrogens is 359 g/mol. The van der Waals surface area contributed by atoms with E-state index in [1.165, 1.54) is 12.1 Å². The second kappa shape index (κ2) is 5.27. The first kappa shape index (κ1) is 13.4. The fraction of sp³-hybridized carbons (Fsp3) is 0.0833. The van der Waals surface area contributed by atoms with E-state index in [1.807, 2.05) is 28.7 Å². The molecule has 0 saturated carbocycles. The molecule has 7 heteroatoms. The Balaban J connectivity index is 2.44. The average Bonchev–Trinajstić information content (AvgIpc) is 2.32. The average molecular weight is 368 g/mol. The zero-order valence-electron chi connectivity index (χ0n) is 9.90. The van der Waals surface area contributed by atoms with E-state index in [2.05, 4.69) is 9.97 Å². The van der Waals surface area contributed by atoms with Crippen LogP contribution in [0, 0.1) is 21.8 Å². The van der Waals surface area contributed by atoms with Crippen LogP contribution in [0.2, 0.25) is 0 Å². The van der Waals surface area contributed by atoms with E-state index in [4.69, 9.17) is 15.7 Å². The van der Waals surface area contributed by atoms with Crippen molar-refractivity contribution in [1.29, 1.82) is 5.26 Å². The summed E-state index contributed by atoms with van der Waals surface area (Å²) in [6, 6.07) is 6.40. The van der Waals surface area contributed by atoms with Crippen LogP contribution in [0.15, 0.2) is 23.0 Å². The fourth-order valence-electron chi connectivity index (χ4n) is 1.50. The van der Waals surface area contributed by atoms with Crippen LogP contribution in [-0.2, 0) is 0 Å². The van der Waals surface area contributed by atoms with Gasteiger partial charge in [-0.3, -0.25) is 4.79 Å². The molecule has 1 heterocycles. The van der Waals surface area contributed by atoms with E-state index in [0.717, 1.165) is 0 Å². The number of rotatable bonds is 2. The molecule has 6 nitrogen and oxygen atoms in total. The molecule has 0 saturated heterocycles. The highest BCUT2D eigenvalue weighted by atomic mass is 127. The molecule has 0 radical (unpaired) electrons. The zero-order chi connectivity index (χ0) is 14.0. The Morgan fingerprint density at radius 3 is 2.79 bits per heavy atom. The highest BCUT2D eigenvalue weighted by Gasteiger charge is 2.11. The van der Waals surface area contributed by atoms with Gasteiger partial charge in [0.1, 0.15) is 5.82 Å². The lowest BCUT2D eigenvalue weighted by Gasteiger charge is -2.10. The number of hydrogen-bond acceptors (Lipinski definition) is 5. The Kier molecular flexibility index (Phi) is 3.71. The number of nitrogen functional groups attached to an aromatic ring is 1.